The molecule has 2 aromatic carbocycles. The topological polar surface area (TPSA) is 93.5 Å². The molecule has 0 fully saturated rings. The van der Waals surface area contributed by atoms with Crippen molar-refractivity contribution in [1.29, 1.82) is 0 Å². The summed E-state index contributed by atoms with van der Waals surface area (Å²) in [5.41, 5.74) is 2.51. The molecular weight excluding hydrogens is 428 g/mol. The van der Waals surface area contributed by atoms with Crippen molar-refractivity contribution >= 4 is 21.7 Å². The van der Waals surface area contributed by atoms with E-state index in [1.54, 1.807) is 29.2 Å². The molecule has 0 aliphatic carbocycles. The van der Waals surface area contributed by atoms with E-state index in [9.17, 15) is 13.2 Å². The zero-order valence-electron chi connectivity index (χ0n) is 18.9. The Hall–Kier alpha value is -3.33. The van der Waals surface area contributed by atoms with E-state index >= 15 is 0 Å². The third-order valence-corrected chi connectivity index (χ3v) is 6.71. The van der Waals surface area contributed by atoms with Gasteiger partial charge >= 0.3 is 0 Å². The highest BCUT2D eigenvalue weighted by atomic mass is 32.2. The van der Waals surface area contributed by atoms with Crippen molar-refractivity contribution in [3.05, 3.63) is 65.4 Å². The van der Waals surface area contributed by atoms with Gasteiger partial charge in [-0.3, -0.25) is 9.52 Å². The average molecular weight is 457 g/mol. The SMILES string of the molecule is CCN(CC)C(=O)c1cnn(-c2ccccc2)c1NS(=O)(=O)c1cc(C)c(C)cc1OC. The number of benzene rings is 2. The molecule has 0 atom stereocenters. The molecule has 170 valence electrons. The first kappa shape index (κ1) is 23.3. The van der Waals surface area contributed by atoms with Gasteiger partial charge in [0.05, 0.1) is 19.0 Å². The first-order valence-corrected chi connectivity index (χ1v) is 11.8. The summed E-state index contributed by atoms with van der Waals surface area (Å²) >= 11 is 0. The van der Waals surface area contributed by atoms with Gasteiger partial charge in [0.25, 0.3) is 15.9 Å². The molecule has 0 spiro atoms. The van der Waals surface area contributed by atoms with Gasteiger partial charge in [-0.1, -0.05) is 18.2 Å². The maximum absolute atomic E-state index is 13.5. The van der Waals surface area contributed by atoms with Gasteiger partial charge in [-0.2, -0.15) is 5.10 Å². The van der Waals surface area contributed by atoms with Gasteiger partial charge in [0, 0.05) is 13.1 Å². The summed E-state index contributed by atoms with van der Waals surface area (Å²) in [7, 11) is -2.67. The molecule has 0 saturated heterocycles. The number of nitrogens with zero attached hydrogens (tertiary/aromatic N) is 3. The minimum absolute atomic E-state index is 0.00912. The lowest BCUT2D eigenvalue weighted by Crippen LogP contribution is -2.31. The fourth-order valence-electron chi connectivity index (χ4n) is 3.36. The molecule has 32 heavy (non-hydrogen) atoms. The number of carbonyl (C=O) groups excluding carboxylic acids is 1. The van der Waals surface area contributed by atoms with Crippen LogP contribution in [0.25, 0.3) is 5.69 Å². The van der Waals surface area contributed by atoms with E-state index in [4.69, 9.17) is 4.74 Å². The van der Waals surface area contributed by atoms with Crippen molar-refractivity contribution in [2.45, 2.75) is 32.6 Å². The van der Waals surface area contributed by atoms with Crippen LogP contribution in [0.5, 0.6) is 5.75 Å². The van der Waals surface area contributed by atoms with Crippen LogP contribution in [0, 0.1) is 13.8 Å². The molecule has 1 aromatic heterocycles. The monoisotopic (exact) mass is 456 g/mol. The van der Waals surface area contributed by atoms with Crippen molar-refractivity contribution in [2.75, 3.05) is 24.9 Å². The smallest absolute Gasteiger partial charge is 0.266 e. The molecular formula is C23H28N4O4S. The lowest BCUT2D eigenvalue weighted by Gasteiger charge is -2.20. The van der Waals surface area contributed by atoms with Gasteiger partial charge < -0.3 is 9.64 Å². The predicted octanol–water partition coefficient (Wildman–Crippen LogP) is 3.78. The summed E-state index contributed by atoms with van der Waals surface area (Å²) in [5, 5.41) is 4.32. The molecule has 8 nitrogen and oxygen atoms in total. The van der Waals surface area contributed by atoms with E-state index in [1.165, 1.54) is 18.0 Å². The molecule has 1 N–H and O–H groups in total. The van der Waals surface area contributed by atoms with Crippen LogP contribution in [0.15, 0.2) is 53.6 Å². The molecule has 9 heteroatoms. The van der Waals surface area contributed by atoms with Crippen LogP contribution in [-0.4, -0.2) is 49.2 Å². The number of aromatic nitrogens is 2. The van der Waals surface area contributed by atoms with Gasteiger partial charge in [-0.15, -0.1) is 0 Å². The highest BCUT2D eigenvalue weighted by Gasteiger charge is 2.28. The minimum Gasteiger partial charge on any atom is -0.495 e. The van der Waals surface area contributed by atoms with Crippen LogP contribution >= 0.6 is 0 Å². The highest BCUT2D eigenvalue weighted by Crippen LogP contribution is 2.31. The van der Waals surface area contributed by atoms with E-state index in [1.807, 2.05) is 45.9 Å². The summed E-state index contributed by atoms with van der Waals surface area (Å²) < 4.78 is 36.3. The van der Waals surface area contributed by atoms with Crippen LogP contribution in [0.3, 0.4) is 0 Å². The van der Waals surface area contributed by atoms with Crippen LogP contribution < -0.4 is 9.46 Å². The molecule has 1 heterocycles. The normalized spacial score (nSPS) is 11.3. The van der Waals surface area contributed by atoms with Crippen molar-refractivity contribution in [2.24, 2.45) is 0 Å². The first-order chi connectivity index (χ1) is 15.2. The zero-order chi connectivity index (χ0) is 23.5. The van der Waals surface area contributed by atoms with Gasteiger partial charge in [0.2, 0.25) is 0 Å². The third-order valence-electron chi connectivity index (χ3n) is 5.35. The number of hydrogen-bond acceptors (Lipinski definition) is 5. The van der Waals surface area contributed by atoms with E-state index in [-0.39, 0.29) is 27.9 Å². The summed E-state index contributed by atoms with van der Waals surface area (Å²) in [6, 6.07) is 12.3. The first-order valence-electron chi connectivity index (χ1n) is 10.3. The van der Waals surface area contributed by atoms with Crippen molar-refractivity contribution in [1.82, 2.24) is 14.7 Å². The number of sulfonamides is 1. The average Bonchev–Trinajstić information content (AvgIpc) is 3.19. The molecule has 1 amide bonds. The third kappa shape index (κ3) is 4.47. The molecule has 0 radical (unpaired) electrons. The Bertz CT molecular complexity index is 1220. The number of aryl methyl sites for hydroxylation is 2. The van der Waals surface area contributed by atoms with Crippen LogP contribution in [-0.2, 0) is 10.0 Å². The summed E-state index contributed by atoms with van der Waals surface area (Å²) in [5.74, 6) is -0.00157. The lowest BCUT2D eigenvalue weighted by molar-refractivity contribution is 0.0774. The number of para-hydroxylation sites is 1. The van der Waals surface area contributed by atoms with Crippen LogP contribution in [0.4, 0.5) is 5.82 Å². The lowest BCUT2D eigenvalue weighted by atomic mass is 10.1. The maximum Gasteiger partial charge on any atom is 0.266 e. The Morgan fingerprint density at radius 2 is 1.72 bits per heavy atom. The molecule has 0 aliphatic heterocycles. The van der Waals surface area contributed by atoms with Crippen LogP contribution in [0.2, 0.25) is 0 Å². The molecule has 0 saturated carbocycles. The Kier molecular flexibility index (Phi) is 6.88. The quantitative estimate of drug-likeness (QED) is 0.557. The van der Waals surface area contributed by atoms with E-state index < -0.39 is 10.0 Å². The number of ether oxygens (including phenoxy) is 1. The van der Waals surface area contributed by atoms with Gasteiger partial charge in [-0.05, 0) is 63.1 Å². The summed E-state index contributed by atoms with van der Waals surface area (Å²) in [6.45, 7) is 8.43. The second kappa shape index (κ2) is 9.44. The Balaban J connectivity index is 2.17. The summed E-state index contributed by atoms with van der Waals surface area (Å²) in [6.07, 6.45) is 1.39. The van der Waals surface area contributed by atoms with Gasteiger partial charge in [-0.25, -0.2) is 13.1 Å². The molecule has 3 rings (SSSR count). The number of rotatable bonds is 8. The summed E-state index contributed by atoms with van der Waals surface area (Å²) in [4.78, 5) is 14.7. The number of carbonyl (C=O) groups is 1. The van der Waals surface area contributed by atoms with Crippen LogP contribution in [0.1, 0.15) is 35.3 Å². The zero-order valence-corrected chi connectivity index (χ0v) is 19.7. The molecule has 0 unspecified atom stereocenters. The number of methoxy groups -OCH3 is 1. The molecule has 0 bridgehead atoms. The Labute approximate surface area is 188 Å². The van der Waals surface area contributed by atoms with Gasteiger partial charge in [0.15, 0.2) is 5.82 Å². The Morgan fingerprint density at radius 3 is 2.31 bits per heavy atom. The fraction of sp³-hybridized carbons (Fsp3) is 0.304. The number of nitrogens with one attached hydrogen (secondary N) is 1. The number of hydrogen-bond donors (Lipinski definition) is 1. The second-order valence-corrected chi connectivity index (χ2v) is 8.98. The van der Waals surface area contributed by atoms with E-state index in [0.29, 0.717) is 18.8 Å². The van der Waals surface area contributed by atoms with Crippen molar-refractivity contribution in [3.63, 3.8) is 0 Å². The predicted molar refractivity (Wildman–Crippen MR) is 124 cm³/mol. The van der Waals surface area contributed by atoms with E-state index in [2.05, 4.69) is 9.82 Å². The highest BCUT2D eigenvalue weighted by molar-refractivity contribution is 7.92. The number of amides is 1. The minimum atomic E-state index is -4.10. The van der Waals surface area contributed by atoms with E-state index in [0.717, 1.165) is 11.1 Å². The largest absolute Gasteiger partial charge is 0.495 e. The van der Waals surface area contributed by atoms with Crippen molar-refractivity contribution in [3.8, 4) is 11.4 Å². The Morgan fingerprint density at radius 1 is 1.09 bits per heavy atom. The standard InChI is InChI=1S/C23H28N4O4S/c1-6-26(7-2)23(28)19-15-24-27(18-11-9-8-10-12-18)22(19)25-32(29,30)21-14-17(4)16(3)13-20(21)31-5/h8-15,25H,6-7H2,1-5H3. The molecule has 3 aromatic rings. The number of anilines is 1. The van der Waals surface area contributed by atoms with Crippen molar-refractivity contribution < 1.29 is 17.9 Å². The maximum atomic E-state index is 13.5. The fourth-order valence-corrected chi connectivity index (χ4v) is 4.66. The molecule has 0 aliphatic rings. The van der Waals surface area contributed by atoms with Gasteiger partial charge in [0.1, 0.15) is 16.2 Å². The second-order valence-electron chi connectivity index (χ2n) is 7.32.